The lowest BCUT2D eigenvalue weighted by molar-refractivity contribution is 0.364. The van der Waals surface area contributed by atoms with Crippen LogP contribution < -0.4 is 5.32 Å². The number of aromatic nitrogens is 2. The fourth-order valence-electron chi connectivity index (χ4n) is 2.79. The average molecular weight is 358 g/mol. The predicted octanol–water partition coefficient (Wildman–Crippen LogP) is 4.43. The van der Waals surface area contributed by atoms with Gasteiger partial charge in [-0.25, -0.2) is 0 Å². The summed E-state index contributed by atoms with van der Waals surface area (Å²) in [6.07, 6.45) is 3.33. The molecule has 1 aromatic heterocycles. The third-order valence-corrected chi connectivity index (χ3v) is 4.71. The third kappa shape index (κ3) is 5.74. The summed E-state index contributed by atoms with van der Waals surface area (Å²) < 4.78 is 3.40. The monoisotopic (exact) mass is 357 g/mol. The maximum atomic E-state index is 4.72. The van der Waals surface area contributed by atoms with Crippen molar-refractivity contribution in [3.63, 3.8) is 0 Å². The van der Waals surface area contributed by atoms with E-state index < -0.39 is 0 Å². The molecule has 1 atom stereocenters. The van der Waals surface area contributed by atoms with Gasteiger partial charge in [0.15, 0.2) is 0 Å². The van der Waals surface area contributed by atoms with Crippen LogP contribution in [0.2, 0.25) is 0 Å². The van der Waals surface area contributed by atoms with Crippen LogP contribution in [0.1, 0.15) is 59.4 Å². The molecule has 0 fully saturated rings. The highest BCUT2D eigenvalue weighted by Gasteiger charge is 2.19. The Morgan fingerprint density at radius 3 is 2.33 bits per heavy atom. The van der Waals surface area contributed by atoms with E-state index in [1.807, 2.05) is 0 Å². The van der Waals surface area contributed by atoms with E-state index in [-0.39, 0.29) is 0 Å². The van der Waals surface area contributed by atoms with Crippen LogP contribution in [-0.4, -0.2) is 22.4 Å². The van der Waals surface area contributed by atoms with Gasteiger partial charge in [0.1, 0.15) is 0 Å². The van der Waals surface area contributed by atoms with Crippen molar-refractivity contribution in [2.45, 2.75) is 73.4 Å². The van der Waals surface area contributed by atoms with Crippen LogP contribution in [0.4, 0.5) is 0 Å². The molecule has 0 spiro atoms. The molecule has 0 aromatic carbocycles. The van der Waals surface area contributed by atoms with Gasteiger partial charge in [0.2, 0.25) is 0 Å². The van der Waals surface area contributed by atoms with Crippen molar-refractivity contribution in [2.24, 2.45) is 11.8 Å². The van der Waals surface area contributed by atoms with Gasteiger partial charge < -0.3 is 5.32 Å². The molecule has 1 aromatic rings. The summed E-state index contributed by atoms with van der Waals surface area (Å²) in [6, 6.07) is 0.547. The highest BCUT2D eigenvalue weighted by molar-refractivity contribution is 9.10. The Balaban J connectivity index is 2.88. The zero-order valence-electron chi connectivity index (χ0n) is 14.5. The Kier molecular flexibility index (Phi) is 7.96. The van der Waals surface area contributed by atoms with Crippen LogP contribution in [0, 0.1) is 11.8 Å². The van der Waals surface area contributed by atoms with Gasteiger partial charge in [-0.1, -0.05) is 34.6 Å². The van der Waals surface area contributed by atoms with Crippen molar-refractivity contribution in [3.05, 3.63) is 15.9 Å². The molecule has 0 saturated carbocycles. The maximum Gasteiger partial charge on any atom is 0.0766 e. The van der Waals surface area contributed by atoms with Gasteiger partial charge in [0.05, 0.1) is 15.9 Å². The van der Waals surface area contributed by atoms with Crippen LogP contribution in [0.15, 0.2) is 4.47 Å². The molecule has 21 heavy (non-hydrogen) atoms. The van der Waals surface area contributed by atoms with Gasteiger partial charge in [-0.05, 0) is 60.5 Å². The van der Waals surface area contributed by atoms with Crippen molar-refractivity contribution in [2.75, 3.05) is 6.54 Å². The SMILES string of the molecule is CCc1nn(CC)c(CC(CNC(C)C)CC(C)C)c1Br. The molecule has 1 heterocycles. The second-order valence-electron chi connectivity index (χ2n) is 6.64. The minimum Gasteiger partial charge on any atom is -0.314 e. The Labute approximate surface area is 139 Å². The second-order valence-corrected chi connectivity index (χ2v) is 7.43. The van der Waals surface area contributed by atoms with Gasteiger partial charge in [-0.3, -0.25) is 4.68 Å². The van der Waals surface area contributed by atoms with Crippen molar-refractivity contribution in [3.8, 4) is 0 Å². The van der Waals surface area contributed by atoms with E-state index in [1.54, 1.807) is 0 Å². The topological polar surface area (TPSA) is 29.9 Å². The van der Waals surface area contributed by atoms with E-state index in [1.165, 1.54) is 22.3 Å². The summed E-state index contributed by atoms with van der Waals surface area (Å²) in [5, 5.41) is 8.33. The van der Waals surface area contributed by atoms with Gasteiger partial charge in [-0.2, -0.15) is 5.10 Å². The minimum absolute atomic E-state index is 0.547. The lowest BCUT2D eigenvalue weighted by Crippen LogP contribution is -2.31. The normalized spacial score (nSPS) is 13.4. The van der Waals surface area contributed by atoms with E-state index in [4.69, 9.17) is 5.10 Å². The average Bonchev–Trinajstić information content (AvgIpc) is 2.72. The first-order valence-corrected chi connectivity index (χ1v) is 9.15. The first-order chi connectivity index (χ1) is 9.88. The zero-order chi connectivity index (χ0) is 16.0. The number of hydrogen-bond acceptors (Lipinski definition) is 2. The standard InChI is InChI=1S/C17H32BrN3/c1-7-15-17(18)16(21(8-2)20-15)10-14(9-12(3)4)11-19-13(5)6/h12-14,19H,7-11H2,1-6H3. The van der Waals surface area contributed by atoms with E-state index in [0.29, 0.717) is 12.0 Å². The van der Waals surface area contributed by atoms with Crippen LogP contribution in [0.25, 0.3) is 0 Å². The Hall–Kier alpha value is -0.350. The zero-order valence-corrected chi connectivity index (χ0v) is 16.1. The van der Waals surface area contributed by atoms with E-state index in [9.17, 15) is 0 Å². The van der Waals surface area contributed by atoms with E-state index in [2.05, 4.69) is 67.5 Å². The molecule has 1 unspecified atom stereocenters. The molecule has 0 aliphatic carbocycles. The molecular weight excluding hydrogens is 326 g/mol. The lowest BCUT2D eigenvalue weighted by Gasteiger charge is -2.21. The summed E-state index contributed by atoms with van der Waals surface area (Å²) in [5.74, 6) is 1.39. The predicted molar refractivity (Wildman–Crippen MR) is 94.8 cm³/mol. The number of nitrogens with one attached hydrogen (secondary N) is 1. The third-order valence-electron chi connectivity index (χ3n) is 3.80. The fourth-order valence-corrected chi connectivity index (χ4v) is 3.52. The van der Waals surface area contributed by atoms with E-state index >= 15 is 0 Å². The largest absolute Gasteiger partial charge is 0.314 e. The summed E-state index contributed by atoms with van der Waals surface area (Å²) in [6.45, 7) is 15.4. The Bertz CT molecular complexity index is 424. The molecule has 1 rings (SSSR count). The molecule has 0 aliphatic rings. The van der Waals surface area contributed by atoms with Crippen LogP contribution in [0.3, 0.4) is 0 Å². The number of aryl methyl sites for hydroxylation is 2. The van der Waals surface area contributed by atoms with Gasteiger partial charge in [-0.15, -0.1) is 0 Å². The lowest BCUT2D eigenvalue weighted by atomic mass is 9.92. The molecule has 0 aliphatic heterocycles. The van der Waals surface area contributed by atoms with Crippen molar-refractivity contribution >= 4 is 15.9 Å². The van der Waals surface area contributed by atoms with Gasteiger partial charge >= 0.3 is 0 Å². The van der Waals surface area contributed by atoms with Crippen molar-refractivity contribution in [1.82, 2.24) is 15.1 Å². The Morgan fingerprint density at radius 2 is 1.86 bits per heavy atom. The van der Waals surface area contributed by atoms with Gasteiger partial charge in [0, 0.05) is 12.6 Å². The molecule has 0 amide bonds. The Morgan fingerprint density at radius 1 is 1.19 bits per heavy atom. The number of hydrogen-bond donors (Lipinski definition) is 1. The summed E-state index contributed by atoms with van der Waals surface area (Å²) in [7, 11) is 0. The molecule has 0 saturated heterocycles. The number of rotatable bonds is 9. The summed E-state index contributed by atoms with van der Waals surface area (Å²) in [5.41, 5.74) is 2.55. The quantitative estimate of drug-likeness (QED) is 0.708. The first-order valence-electron chi connectivity index (χ1n) is 8.36. The molecule has 1 N–H and O–H groups in total. The number of halogens is 1. The summed E-state index contributed by atoms with van der Waals surface area (Å²) in [4.78, 5) is 0. The molecule has 122 valence electrons. The summed E-state index contributed by atoms with van der Waals surface area (Å²) >= 11 is 3.77. The highest BCUT2D eigenvalue weighted by atomic mass is 79.9. The van der Waals surface area contributed by atoms with Gasteiger partial charge in [0.25, 0.3) is 0 Å². The fraction of sp³-hybridized carbons (Fsp3) is 0.824. The number of nitrogens with zero attached hydrogens (tertiary/aromatic N) is 2. The molecule has 0 radical (unpaired) electrons. The molecule has 0 bridgehead atoms. The minimum atomic E-state index is 0.547. The second kappa shape index (κ2) is 8.94. The smallest absolute Gasteiger partial charge is 0.0766 e. The molecular formula is C17H32BrN3. The first kappa shape index (κ1) is 18.7. The van der Waals surface area contributed by atoms with Crippen molar-refractivity contribution in [1.29, 1.82) is 0 Å². The van der Waals surface area contributed by atoms with Crippen LogP contribution in [0.5, 0.6) is 0 Å². The highest BCUT2D eigenvalue weighted by Crippen LogP contribution is 2.26. The van der Waals surface area contributed by atoms with Crippen LogP contribution >= 0.6 is 15.9 Å². The van der Waals surface area contributed by atoms with E-state index in [0.717, 1.165) is 31.8 Å². The van der Waals surface area contributed by atoms with Crippen molar-refractivity contribution < 1.29 is 0 Å². The maximum absolute atomic E-state index is 4.72. The van der Waals surface area contributed by atoms with Crippen LogP contribution in [-0.2, 0) is 19.4 Å². The molecule has 4 heteroatoms. The molecule has 3 nitrogen and oxygen atoms in total.